The Morgan fingerprint density at radius 2 is 2.50 bits per heavy atom. The van der Waals surface area contributed by atoms with E-state index in [0.717, 1.165) is 31.0 Å². The molecule has 0 spiro atoms. The van der Waals surface area contributed by atoms with Crippen LogP contribution < -0.4 is 5.73 Å². The zero-order valence-electron chi connectivity index (χ0n) is 10.5. The number of aromatic nitrogens is 2. The minimum Gasteiger partial charge on any atom is -0.385 e. The second kappa shape index (κ2) is 7.08. The summed E-state index contributed by atoms with van der Waals surface area (Å²) in [7, 11) is 1.68. The summed E-state index contributed by atoms with van der Waals surface area (Å²) in [5.41, 5.74) is 5.98. The van der Waals surface area contributed by atoms with Crippen molar-refractivity contribution in [2.24, 2.45) is 5.73 Å². The van der Waals surface area contributed by atoms with Gasteiger partial charge in [0.25, 0.3) is 0 Å². The van der Waals surface area contributed by atoms with Crippen LogP contribution in [0.25, 0.3) is 0 Å². The summed E-state index contributed by atoms with van der Waals surface area (Å²) in [4.78, 5) is 4.33. The third-order valence-corrected chi connectivity index (χ3v) is 3.74. The van der Waals surface area contributed by atoms with E-state index < -0.39 is 0 Å². The van der Waals surface area contributed by atoms with Gasteiger partial charge in [0.05, 0.1) is 12.6 Å². The standard InChI is InChI=1S/C11H19N3O3S/c1-15-4-2-3-8(12)11-13-10(14-17-11)9-7-18-6-5-16-9/h8-9H,2-7,12H2,1H3. The molecule has 0 bridgehead atoms. The smallest absolute Gasteiger partial charge is 0.243 e. The predicted octanol–water partition coefficient (Wildman–Crippen LogP) is 1.30. The largest absolute Gasteiger partial charge is 0.385 e. The summed E-state index contributed by atoms with van der Waals surface area (Å²) in [6, 6.07) is -0.224. The van der Waals surface area contributed by atoms with E-state index >= 15 is 0 Å². The van der Waals surface area contributed by atoms with Crippen molar-refractivity contribution >= 4 is 11.8 Å². The SMILES string of the molecule is COCCCC(N)c1nc(C2CSCCO2)no1. The van der Waals surface area contributed by atoms with E-state index in [9.17, 15) is 0 Å². The molecule has 0 saturated carbocycles. The molecule has 1 aliphatic heterocycles. The molecule has 2 atom stereocenters. The first-order valence-corrected chi connectivity index (χ1v) is 7.24. The maximum atomic E-state index is 5.98. The summed E-state index contributed by atoms with van der Waals surface area (Å²) in [5.74, 6) is 3.00. The Balaban J connectivity index is 1.88. The monoisotopic (exact) mass is 273 g/mol. The van der Waals surface area contributed by atoms with Crippen molar-refractivity contribution < 1.29 is 14.0 Å². The highest BCUT2D eigenvalue weighted by Gasteiger charge is 2.23. The van der Waals surface area contributed by atoms with Crippen LogP contribution in [0, 0.1) is 0 Å². The molecule has 2 heterocycles. The molecule has 1 aromatic rings. The Morgan fingerprint density at radius 3 is 3.22 bits per heavy atom. The first-order valence-electron chi connectivity index (χ1n) is 6.08. The van der Waals surface area contributed by atoms with Crippen molar-refractivity contribution in [3.05, 3.63) is 11.7 Å². The first-order chi connectivity index (χ1) is 8.81. The van der Waals surface area contributed by atoms with Crippen LogP contribution in [0.5, 0.6) is 0 Å². The molecular formula is C11H19N3O3S. The van der Waals surface area contributed by atoms with Crippen molar-refractivity contribution in [1.29, 1.82) is 0 Å². The minimum absolute atomic E-state index is 0.0626. The molecule has 102 valence electrons. The lowest BCUT2D eigenvalue weighted by molar-refractivity contribution is 0.0677. The molecule has 2 rings (SSSR count). The number of methoxy groups -OCH3 is 1. The van der Waals surface area contributed by atoms with Crippen LogP contribution in [0.15, 0.2) is 4.52 Å². The van der Waals surface area contributed by atoms with Crippen LogP contribution in [0.4, 0.5) is 0 Å². The Kier molecular flexibility index (Phi) is 5.43. The lowest BCUT2D eigenvalue weighted by Gasteiger charge is -2.18. The fourth-order valence-corrected chi connectivity index (χ4v) is 2.58. The first kappa shape index (κ1) is 13.8. The molecule has 1 aliphatic rings. The number of nitrogens with zero attached hydrogens (tertiary/aromatic N) is 2. The van der Waals surface area contributed by atoms with E-state index in [1.54, 1.807) is 7.11 Å². The molecule has 0 aliphatic carbocycles. The molecule has 6 nitrogen and oxygen atoms in total. The number of hydrogen-bond donors (Lipinski definition) is 1. The van der Waals surface area contributed by atoms with Gasteiger partial charge in [0.15, 0.2) is 0 Å². The van der Waals surface area contributed by atoms with E-state index in [2.05, 4.69) is 10.1 Å². The highest BCUT2D eigenvalue weighted by Crippen LogP contribution is 2.25. The summed E-state index contributed by atoms with van der Waals surface area (Å²) >= 11 is 1.84. The van der Waals surface area contributed by atoms with E-state index in [-0.39, 0.29) is 12.1 Å². The van der Waals surface area contributed by atoms with Gasteiger partial charge in [-0.25, -0.2) is 0 Å². The zero-order chi connectivity index (χ0) is 12.8. The van der Waals surface area contributed by atoms with Gasteiger partial charge in [0, 0.05) is 25.2 Å². The topological polar surface area (TPSA) is 83.4 Å². The molecule has 0 radical (unpaired) electrons. The summed E-state index contributed by atoms with van der Waals surface area (Å²) in [6.45, 7) is 1.43. The molecule has 2 N–H and O–H groups in total. The van der Waals surface area contributed by atoms with E-state index in [0.29, 0.717) is 18.3 Å². The van der Waals surface area contributed by atoms with Crippen molar-refractivity contribution in [2.75, 3.05) is 31.8 Å². The summed E-state index contributed by atoms with van der Waals surface area (Å²) < 4.78 is 15.8. The Labute approximate surface area is 111 Å². The minimum atomic E-state index is -0.224. The normalized spacial score (nSPS) is 22.0. The fraction of sp³-hybridized carbons (Fsp3) is 0.818. The van der Waals surface area contributed by atoms with Gasteiger partial charge in [-0.15, -0.1) is 0 Å². The average molecular weight is 273 g/mol. The van der Waals surface area contributed by atoms with E-state index in [4.69, 9.17) is 19.7 Å². The number of hydrogen-bond acceptors (Lipinski definition) is 7. The van der Waals surface area contributed by atoms with Gasteiger partial charge >= 0.3 is 0 Å². The molecule has 7 heteroatoms. The number of ether oxygens (including phenoxy) is 2. The highest BCUT2D eigenvalue weighted by atomic mass is 32.2. The molecule has 0 amide bonds. The van der Waals surface area contributed by atoms with Crippen LogP contribution in [-0.2, 0) is 9.47 Å². The lowest BCUT2D eigenvalue weighted by Crippen LogP contribution is -2.17. The van der Waals surface area contributed by atoms with Gasteiger partial charge in [-0.1, -0.05) is 5.16 Å². The van der Waals surface area contributed by atoms with Gasteiger partial charge in [-0.3, -0.25) is 0 Å². The van der Waals surface area contributed by atoms with Crippen molar-refractivity contribution in [3.8, 4) is 0 Å². The van der Waals surface area contributed by atoms with E-state index in [1.807, 2.05) is 11.8 Å². The molecular weight excluding hydrogens is 254 g/mol. The lowest BCUT2D eigenvalue weighted by atomic mass is 10.2. The molecule has 1 fully saturated rings. The molecule has 0 aromatic carbocycles. The quantitative estimate of drug-likeness (QED) is 0.782. The molecule has 1 aromatic heterocycles. The maximum absolute atomic E-state index is 5.98. The summed E-state index contributed by atoms with van der Waals surface area (Å²) in [5, 5.41) is 3.95. The van der Waals surface area contributed by atoms with Gasteiger partial charge in [0.2, 0.25) is 11.7 Å². The van der Waals surface area contributed by atoms with Gasteiger partial charge in [-0.2, -0.15) is 16.7 Å². The number of rotatable bonds is 6. The second-order valence-electron chi connectivity index (χ2n) is 4.17. The third kappa shape index (κ3) is 3.68. The molecule has 18 heavy (non-hydrogen) atoms. The zero-order valence-corrected chi connectivity index (χ0v) is 11.3. The highest BCUT2D eigenvalue weighted by molar-refractivity contribution is 7.99. The Hall–Kier alpha value is -0.630. The second-order valence-corrected chi connectivity index (χ2v) is 5.32. The third-order valence-electron chi connectivity index (χ3n) is 2.74. The number of thioether (sulfide) groups is 1. The van der Waals surface area contributed by atoms with Crippen molar-refractivity contribution in [3.63, 3.8) is 0 Å². The van der Waals surface area contributed by atoms with Crippen LogP contribution in [0.3, 0.4) is 0 Å². The Bertz CT molecular complexity index is 355. The number of nitrogens with two attached hydrogens (primary N) is 1. The molecule has 1 saturated heterocycles. The Morgan fingerprint density at radius 1 is 1.61 bits per heavy atom. The predicted molar refractivity (Wildman–Crippen MR) is 68.4 cm³/mol. The van der Waals surface area contributed by atoms with Crippen LogP contribution in [0.1, 0.15) is 36.7 Å². The fourth-order valence-electron chi connectivity index (χ4n) is 1.74. The summed E-state index contributed by atoms with van der Waals surface area (Å²) in [6.07, 6.45) is 1.59. The van der Waals surface area contributed by atoms with Gasteiger partial charge in [-0.05, 0) is 12.8 Å². The maximum Gasteiger partial charge on any atom is 0.243 e. The average Bonchev–Trinajstić information content (AvgIpc) is 2.89. The van der Waals surface area contributed by atoms with Crippen LogP contribution in [-0.4, -0.2) is 42.0 Å². The van der Waals surface area contributed by atoms with Gasteiger partial charge in [0.1, 0.15) is 6.10 Å². The van der Waals surface area contributed by atoms with Crippen LogP contribution in [0.2, 0.25) is 0 Å². The van der Waals surface area contributed by atoms with Gasteiger partial charge < -0.3 is 19.7 Å². The van der Waals surface area contributed by atoms with Crippen molar-refractivity contribution in [2.45, 2.75) is 25.0 Å². The van der Waals surface area contributed by atoms with Crippen molar-refractivity contribution in [1.82, 2.24) is 10.1 Å². The van der Waals surface area contributed by atoms with Crippen LogP contribution >= 0.6 is 11.8 Å². The van der Waals surface area contributed by atoms with E-state index in [1.165, 1.54) is 0 Å². The molecule has 2 unspecified atom stereocenters.